The number of hydrogen-bond acceptors (Lipinski definition) is 4. The van der Waals surface area contributed by atoms with E-state index in [1.54, 1.807) is 5.01 Å². The zero-order valence-corrected chi connectivity index (χ0v) is 8.97. The number of nitrogens with zero attached hydrogens (tertiary/aromatic N) is 2. The Kier molecular flexibility index (Phi) is 3.43. The third-order valence-electron chi connectivity index (χ3n) is 2.27. The number of hydrazine groups is 1. The Morgan fingerprint density at radius 2 is 2.13 bits per heavy atom. The summed E-state index contributed by atoms with van der Waals surface area (Å²) >= 11 is 6.03. The van der Waals surface area contributed by atoms with Gasteiger partial charge in [0.1, 0.15) is 5.50 Å². The van der Waals surface area contributed by atoms with Gasteiger partial charge in [0, 0.05) is 6.54 Å². The van der Waals surface area contributed by atoms with Crippen LogP contribution in [0, 0.1) is 0 Å². The molecule has 0 amide bonds. The molecule has 1 heterocycles. The first-order valence-electron chi connectivity index (χ1n) is 4.81. The van der Waals surface area contributed by atoms with Crippen LogP contribution in [0.25, 0.3) is 0 Å². The lowest BCUT2D eigenvalue weighted by molar-refractivity contribution is -0.0371. The van der Waals surface area contributed by atoms with Crippen molar-refractivity contribution in [1.29, 1.82) is 0 Å². The molecule has 0 aromatic heterocycles. The van der Waals surface area contributed by atoms with Crippen molar-refractivity contribution in [3.05, 3.63) is 30.3 Å². The van der Waals surface area contributed by atoms with Gasteiger partial charge in [-0.25, -0.2) is 0 Å². The molecule has 0 aliphatic carbocycles. The Morgan fingerprint density at radius 1 is 1.40 bits per heavy atom. The van der Waals surface area contributed by atoms with Gasteiger partial charge >= 0.3 is 0 Å². The Hall–Kier alpha value is -0.810. The van der Waals surface area contributed by atoms with Crippen LogP contribution in [0.15, 0.2) is 30.3 Å². The highest BCUT2D eigenvalue weighted by Gasteiger charge is 2.25. The summed E-state index contributed by atoms with van der Waals surface area (Å²) in [6.45, 7) is 1.58. The molecule has 1 aliphatic heterocycles. The van der Waals surface area contributed by atoms with Crippen molar-refractivity contribution >= 4 is 17.3 Å². The van der Waals surface area contributed by atoms with Crippen LogP contribution in [0.2, 0.25) is 0 Å². The molecule has 4 nitrogen and oxygen atoms in total. The molecule has 0 bridgehead atoms. The lowest BCUT2D eigenvalue weighted by atomic mass is 10.3. The molecule has 1 saturated heterocycles. The van der Waals surface area contributed by atoms with E-state index in [0.29, 0.717) is 25.4 Å². The number of anilines is 1. The third-order valence-corrected chi connectivity index (χ3v) is 2.63. The molecule has 1 atom stereocenters. The fourth-order valence-electron chi connectivity index (χ4n) is 1.49. The third kappa shape index (κ3) is 2.41. The topological polar surface area (TPSA) is 35.9 Å². The van der Waals surface area contributed by atoms with Crippen molar-refractivity contribution < 1.29 is 9.94 Å². The standard InChI is InChI=1S/C10H13ClN2O2/c11-10-8-15-7-6-12(10)13(14)9-4-2-1-3-5-9/h1-5,10,14H,6-8H2. The van der Waals surface area contributed by atoms with Gasteiger partial charge in [-0.05, 0) is 12.1 Å². The number of ether oxygens (including phenoxy) is 1. The van der Waals surface area contributed by atoms with E-state index in [1.807, 2.05) is 30.3 Å². The quantitative estimate of drug-likeness (QED) is 0.475. The van der Waals surface area contributed by atoms with Crippen LogP contribution >= 0.6 is 11.6 Å². The van der Waals surface area contributed by atoms with Gasteiger partial charge in [-0.2, -0.15) is 10.2 Å². The van der Waals surface area contributed by atoms with Crippen LogP contribution in [0.4, 0.5) is 5.69 Å². The smallest absolute Gasteiger partial charge is 0.129 e. The molecule has 5 heteroatoms. The highest BCUT2D eigenvalue weighted by molar-refractivity contribution is 6.20. The minimum Gasteiger partial charge on any atom is -0.377 e. The molecule has 1 aliphatic rings. The summed E-state index contributed by atoms with van der Waals surface area (Å²) in [6.07, 6.45) is 0. The van der Waals surface area contributed by atoms with Gasteiger partial charge < -0.3 is 4.74 Å². The number of morpholine rings is 1. The minimum atomic E-state index is -0.330. The molecule has 1 fully saturated rings. The average Bonchev–Trinajstić information content (AvgIpc) is 2.30. The average molecular weight is 229 g/mol. The molecule has 0 radical (unpaired) electrons. The van der Waals surface area contributed by atoms with E-state index in [0.717, 1.165) is 5.17 Å². The molecule has 1 aromatic rings. The van der Waals surface area contributed by atoms with Gasteiger partial charge in [0.05, 0.1) is 18.9 Å². The predicted octanol–water partition coefficient (Wildman–Crippen LogP) is 1.69. The van der Waals surface area contributed by atoms with Gasteiger partial charge in [0.2, 0.25) is 0 Å². The zero-order chi connectivity index (χ0) is 10.7. The highest BCUT2D eigenvalue weighted by Crippen LogP contribution is 2.19. The van der Waals surface area contributed by atoms with Gasteiger partial charge in [0.15, 0.2) is 0 Å². The maximum atomic E-state index is 9.93. The zero-order valence-electron chi connectivity index (χ0n) is 8.21. The molecule has 0 saturated carbocycles. The lowest BCUT2D eigenvalue weighted by Gasteiger charge is -2.37. The normalized spacial score (nSPS) is 22.7. The summed E-state index contributed by atoms with van der Waals surface area (Å²) in [5, 5.41) is 12.7. The van der Waals surface area contributed by atoms with E-state index < -0.39 is 0 Å². The monoisotopic (exact) mass is 228 g/mol. The molecular weight excluding hydrogens is 216 g/mol. The van der Waals surface area contributed by atoms with Crippen LogP contribution in [-0.4, -0.2) is 35.5 Å². The fourth-order valence-corrected chi connectivity index (χ4v) is 1.76. The number of para-hydroxylation sites is 1. The van der Waals surface area contributed by atoms with Gasteiger partial charge in [-0.1, -0.05) is 18.2 Å². The van der Waals surface area contributed by atoms with Crippen LogP contribution in [0.5, 0.6) is 0 Å². The van der Waals surface area contributed by atoms with Crippen molar-refractivity contribution in [2.75, 3.05) is 24.9 Å². The number of rotatable bonds is 2. The van der Waals surface area contributed by atoms with E-state index in [1.165, 1.54) is 0 Å². The molecule has 82 valence electrons. The van der Waals surface area contributed by atoms with Crippen molar-refractivity contribution in [3.63, 3.8) is 0 Å². The van der Waals surface area contributed by atoms with Crippen molar-refractivity contribution in [2.24, 2.45) is 0 Å². The lowest BCUT2D eigenvalue weighted by Crippen LogP contribution is -2.51. The molecular formula is C10H13ClN2O2. The number of hydrogen-bond donors (Lipinski definition) is 1. The van der Waals surface area contributed by atoms with E-state index in [-0.39, 0.29) is 5.50 Å². The first-order valence-corrected chi connectivity index (χ1v) is 5.25. The van der Waals surface area contributed by atoms with E-state index in [9.17, 15) is 5.21 Å². The predicted molar refractivity (Wildman–Crippen MR) is 57.9 cm³/mol. The van der Waals surface area contributed by atoms with Crippen molar-refractivity contribution in [1.82, 2.24) is 5.01 Å². The summed E-state index contributed by atoms with van der Waals surface area (Å²) in [5.41, 5.74) is 0.369. The van der Waals surface area contributed by atoms with E-state index >= 15 is 0 Å². The van der Waals surface area contributed by atoms with Crippen LogP contribution < -0.4 is 5.17 Å². The van der Waals surface area contributed by atoms with Crippen molar-refractivity contribution in [3.8, 4) is 0 Å². The van der Waals surface area contributed by atoms with Crippen LogP contribution in [0.3, 0.4) is 0 Å². The minimum absolute atomic E-state index is 0.330. The number of alkyl halides is 1. The maximum absolute atomic E-state index is 9.93. The summed E-state index contributed by atoms with van der Waals surface area (Å²) in [4.78, 5) is 0. The van der Waals surface area contributed by atoms with E-state index in [2.05, 4.69) is 0 Å². The summed E-state index contributed by atoms with van der Waals surface area (Å²) < 4.78 is 5.19. The van der Waals surface area contributed by atoms with Gasteiger partial charge in [-0.15, -0.1) is 11.6 Å². The SMILES string of the molecule is ON(c1ccccc1)N1CCOCC1Cl. The Morgan fingerprint density at radius 3 is 2.80 bits per heavy atom. The Bertz CT molecular complexity index is 310. The number of benzene rings is 1. The van der Waals surface area contributed by atoms with Gasteiger partial charge in [0.25, 0.3) is 0 Å². The molecule has 1 N–H and O–H groups in total. The molecule has 2 rings (SSSR count). The molecule has 15 heavy (non-hydrogen) atoms. The molecule has 0 spiro atoms. The Labute approximate surface area is 93.5 Å². The van der Waals surface area contributed by atoms with Crippen molar-refractivity contribution in [2.45, 2.75) is 5.50 Å². The maximum Gasteiger partial charge on any atom is 0.129 e. The first-order chi connectivity index (χ1) is 7.29. The second kappa shape index (κ2) is 4.81. The largest absolute Gasteiger partial charge is 0.377 e. The summed E-state index contributed by atoms with van der Waals surface area (Å²) in [5.74, 6) is 0. The van der Waals surface area contributed by atoms with Gasteiger partial charge in [-0.3, -0.25) is 5.21 Å². The van der Waals surface area contributed by atoms with Crippen LogP contribution in [-0.2, 0) is 4.74 Å². The molecule has 1 aromatic carbocycles. The highest BCUT2D eigenvalue weighted by atomic mass is 35.5. The fraction of sp³-hybridized carbons (Fsp3) is 0.400. The van der Waals surface area contributed by atoms with Crippen LogP contribution in [0.1, 0.15) is 0 Å². The summed E-state index contributed by atoms with van der Waals surface area (Å²) in [7, 11) is 0. The number of halogens is 1. The van der Waals surface area contributed by atoms with E-state index in [4.69, 9.17) is 16.3 Å². The second-order valence-electron chi connectivity index (χ2n) is 3.30. The summed E-state index contributed by atoms with van der Waals surface area (Å²) in [6, 6.07) is 9.26. The second-order valence-corrected chi connectivity index (χ2v) is 3.80. The first kappa shape index (κ1) is 10.7. The Balaban J connectivity index is 2.09. The molecule has 1 unspecified atom stereocenters.